The fourth-order valence-corrected chi connectivity index (χ4v) is 1.93. The smallest absolute Gasteiger partial charge is 0.128 e. The third kappa shape index (κ3) is 3.02. The van der Waals surface area contributed by atoms with Crippen molar-refractivity contribution < 1.29 is 14.7 Å². The van der Waals surface area contributed by atoms with Crippen molar-refractivity contribution in [2.75, 3.05) is 32.8 Å². The van der Waals surface area contributed by atoms with Crippen LogP contribution in [0.15, 0.2) is 30.3 Å². The number of benzene rings is 1. The summed E-state index contributed by atoms with van der Waals surface area (Å²) in [6, 6.07) is 9.85. The SMILES string of the molecule is O[C@H](C[NH+]1CCOCC1)c1ccccc1. The summed E-state index contributed by atoms with van der Waals surface area (Å²) < 4.78 is 5.28. The van der Waals surface area contributed by atoms with Crippen LogP contribution in [0.25, 0.3) is 0 Å². The Morgan fingerprint density at radius 3 is 2.53 bits per heavy atom. The van der Waals surface area contributed by atoms with Crippen LogP contribution >= 0.6 is 0 Å². The maximum atomic E-state index is 10.0. The third-order valence-corrected chi connectivity index (χ3v) is 2.87. The minimum atomic E-state index is -0.348. The number of aliphatic hydroxyl groups is 1. The minimum Gasteiger partial charge on any atom is -0.382 e. The molecule has 82 valence electrons. The fourth-order valence-electron chi connectivity index (χ4n) is 1.93. The van der Waals surface area contributed by atoms with Crippen LogP contribution in [0, 0.1) is 0 Å². The van der Waals surface area contributed by atoms with E-state index in [9.17, 15) is 5.11 Å². The van der Waals surface area contributed by atoms with Crippen molar-refractivity contribution in [3.05, 3.63) is 35.9 Å². The molecule has 0 bridgehead atoms. The molecule has 1 heterocycles. The average molecular weight is 208 g/mol. The Kier molecular flexibility index (Phi) is 3.72. The first-order valence-electron chi connectivity index (χ1n) is 5.50. The van der Waals surface area contributed by atoms with E-state index in [-0.39, 0.29) is 6.10 Å². The van der Waals surface area contributed by atoms with Crippen molar-refractivity contribution in [1.29, 1.82) is 0 Å². The predicted molar refractivity (Wildman–Crippen MR) is 57.8 cm³/mol. The molecule has 1 atom stereocenters. The lowest BCUT2D eigenvalue weighted by Gasteiger charge is -2.25. The summed E-state index contributed by atoms with van der Waals surface area (Å²) in [4.78, 5) is 1.43. The number of aliphatic hydroxyl groups excluding tert-OH is 1. The number of ether oxygens (including phenoxy) is 1. The van der Waals surface area contributed by atoms with Gasteiger partial charge in [0.25, 0.3) is 0 Å². The average Bonchev–Trinajstić information content (AvgIpc) is 2.31. The van der Waals surface area contributed by atoms with Gasteiger partial charge in [-0.2, -0.15) is 0 Å². The Morgan fingerprint density at radius 1 is 1.20 bits per heavy atom. The van der Waals surface area contributed by atoms with Crippen LogP contribution in [-0.4, -0.2) is 38.0 Å². The normalized spacial score (nSPS) is 20.1. The molecule has 1 fully saturated rings. The molecule has 0 radical (unpaired) electrons. The van der Waals surface area contributed by atoms with Crippen molar-refractivity contribution in [2.24, 2.45) is 0 Å². The van der Waals surface area contributed by atoms with E-state index in [1.54, 1.807) is 0 Å². The van der Waals surface area contributed by atoms with Gasteiger partial charge in [-0.05, 0) is 5.56 Å². The van der Waals surface area contributed by atoms with Crippen LogP contribution in [0.4, 0.5) is 0 Å². The van der Waals surface area contributed by atoms with Crippen molar-refractivity contribution in [2.45, 2.75) is 6.10 Å². The van der Waals surface area contributed by atoms with Gasteiger partial charge >= 0.3 is 0 Å². The second-order valence-corrected chi connectivity index (χ2v) is 3.99. The van der Waals surface area contributed by atoms with Crippen molar-refractivity contribution in [1.82, 2.24) is 0 Å². The minimum absolute atomic E-state index is 0.348. The van der Waals surface area contributed by atoms with Crippen LogP contribution in [0.2, 0.25) is 0 Å². The molecule has 1 aromatic carbocycles. The van der Waals surface area contributed by atoms with Gasteiger partial charge in [0, 0.05) is 0 Å². The number of quaternary nitrogens is 1. The van der Waals surface area contributed by atoms with Gasteiger partial charge in [-0.15, -0.1) is 0 Å². The molecule has 15 heavy (non-hydrogen) atoms. The van der Waals surface area contributed by atoms with Crippen molar-refractivity contribution >= 4 is 0 Å². The zero-order valence-electron chi connectivity index (χ0n) is 8.86. The molecule has 0 unspecified atom stereocenters. The van der Waals surface area contributed by atoms with Gasteiger partial charge in [-0.25, -0.2) is 0 Å². The molecule has 1 aliphatic heterocycles. The fraction of sp³-hybridized carbons (Fsp3) is 0.500. The molecule has 1 aromatic rings. The van der Waals surface area contributed by atoms with Crippen LogP contribution < -0.4 is 4.90 Å². The Hall–Kier alpha value is -0.900. The lowest BCUT2D eigenvalue weighted by atomic mass is 10.1. The van der Waals surface area contributed by atoms with E-state index in [2.05, 4.69) is 0 Å². The van der Waals surface area contributed by atoms with Crippen LogP contribution in [0.1, 0.15) is 11.7 Å². The molecular weight excluding hydrogens is 190 g/mol. The predicted octanol–water partition coefficient (Wildman–Crippen LogP) is -0.365. The monoisotopic (exact) mass is 208 g/mol. The van der Waals surface area contributed by atoms with Gasteiger partial charge in [0.15, 0.2) is 0 Å². The Balaban J connectivity index is 1.88. The first-order valence-corrected chi connectivity index (χ1v) is 5.50. The highest BCUT2D eigenvalue weighted by molar-refractivity contribution is 5.17. The van der Waals surface area contributed by atoms with Crippen molar-refractivity contribution in [3.63, 3.8) is 0 Å². The standard InChI is InChI=1S/C12H17NO2/c14-12(11-4-2-1-3-5-11)10-13-6-8-15-9-7-13/h1-5,12,14H,6-10H2/p+1/t12-/m1/s1. The first kappa shape index (κ1) is 10.6. The lowest BCUT2D eigenvalue weighted by molar-refractivity contribution is -0.911. The summed E-state index contributed by atoms with van der Waals surface area (Å²) in [6.07, 6.45) is -0.348. The second kappa shape index (κ2) is 5.26. The molecule has 0 aliphatic carbocycles. The first-order chi connectivity index (χ1) is 7.36. The summed E-state index contributed by atoms with van der Waals surface area (Å²) in [5.41, 5.74) is 1.01. The molecule has 0 saturated carbocycles. The van der Waals surface area contributed by atoms with Gasteiger partial charge in [-0.1, -0.05) is 30.3 Å². The Labute approximate surface area is 90.3 Å². The van der Waals surface area contributed by atoms with E-state index in [1.807, 2.05) is 30.3 Å². The highest BCUT2D eigenvalue weighted by Crippen LogP contribution is 2.09. The van der Waals surface area contributed by atoms with E-state index in [0.717, 1.165) is 38.4 Å². The number of morpholine rings is 1. The molecule has 1 saturated heterocycles. The van der Waals surface area contributed by atoms with Crippen LogP contribution in [-0.2, 0) is 4.74 Å². The highest BCUT2D eigenvalue weighted by atomic mass is 16.5. The molecule has 2 N–H and O–H groups in total. The maximum Gasteiger partial charge on any atom is 0.128 e. The van der Waals surface area contributed by atoms with E-state index in [4.69, 9.17) is 4.74 Å². The zero-order valence-corrected chi connectivity index (χ0v) is 8.86. The Bertz CT molecular complexity index is 283. The molecule has 0 aromatic heterocycles. The molecule has 3 nitrogen and oxygen atoms in total. The topological polar surface area (TPSA) is 33.9 Å². The molecular formula is C12H18NO2+. The van der Waals surface area contributed by atoms with E-state index in [1.165, 1.54) is 4.90 Å². The summed E-state index contributed by atoms with van der Waals surface area (Å²) in [5, 5.41) is 10.0. The summed E-state index contributed by atoms with van der Waals surface area (Å²) in [6.45, 7) is 4.43. The van der Waals surface area contributed by atoms with Gasteiger partial charge < -0.3 is 14.7 Å². The third-order valence-electron chi connectivity index (χ3n) is 2.87. The van der Waals surface area contributed by atoms with Crippen molar-refractivity contribution in [3.8, 4) is 0 Å². The van der Waals surface area contributed by atoms with Gasteiger partial charge in [0.2, 0.25) is 0 Å². The van der Waals surface area contributed by atoms with E-state index in [0.29, 0.717) is 0 Å². The number of hydrogen-bond acceptors (Lipinski definition) is 2. The second-order valence-electron chi connectivity index (χ2n) is 3.99. The van der Waals surface area contributed by atoms with E-state index >= 15 is 0 Å². The zero-order chi connectivity index (χ0) is 10.5. The van der Waals surface area contributed by atoms with Gasteiger partial charge in [0.1, 0.15) is 25.7 Å². The largest absolute Gasteiger partial charge is 0.382 e. The van der Waals surface area contributed by atoms with Gasteiger partial charge in [-0.3, -0.25) is 0 Å². The maximum absolute atomic E-state index is 10.0. The highest BCUT2D eigenvalue weighted by Gasteiger charge is 2.18. The Morgan fingerprint density at radius 2 is 1.87 bits per heavy atom. The molecule has 0 spiro atoms. The van der Waals surface area contributed by atoms with Gasteiger partial charge in [0.05, 0.1) is 13.2 Å². The molecule has 1 aliphatic rings. The summed E-state index contributed by atoms with van der Waals surface area (Å²) in [5.74, 6) is 0. The summed E-state index contributed by atoms with van der Waals surface area (Å²) in [7, 11) is 0. The van der Waals surface area contributed by atoms with Crippen LogP contribution in [0.3, 0.4) is 0 Å². The molecule has 0 amide bonds. The number of nitrogens with one attached hydrogen (secondary N) is 1. The number of hydrogen-bond donors (Lipinski definition) is 2. The van der Waals surface area contributed by atoms with Crippen LogP contribution in [0.5, 0.6) is 0 Å². The number of rotatable bonds is 3. The molecule has 2 rings (SSSR count). The molecule has 3 heteroatoms. The van der Waals surface area contributed by atoms with E-state index < -0.39 is 0 Å². The lowest BCUT2D eigenvalue weighted by Crippen LogP contribution is -3.14. The summed E-state index contributed by atoms with van der Waals surface area (Å²) >= 11 is 0. The quantitative estimate of drug-likeness (QED) is 0.711.